The van der Waals surface area contributed by atoms with Crippen molar-refractivity contribution in [3.8, 4) is 0 Å². The van der Waals surface area contributed by atoms with Gasteiger partial charge in [0.05, 0.1) is 0 Å². The summed E-state index contributed by atoms with van der Waals surface area (Å²) in [4.78, 5) is 57.2. The minimum atomic E-state index is 0.639. The summed E-state index contributed by atoms with van der Waals surface area (Å²) in [5, 5.41) is 0. The molecule has 0 saturated heterocycles. The third kappa shape index (κ3) is 778. The number of carbonyl (C=O) groups excluding carboxylic acids is 7. The van der Waals surface area contributed by atoms with Gasteiger partial charge in [0.1, 0.15) is 47.0 Å². The predicted octanol–water partition coefficient (Wildman–Crippen LogP) is -0.514. The molecule has 0 N–H and O–H groups in total. The van der Waals surface area contributed by atoms with Gasteiger partial charge in [-0.1, -0.05) is 6.92 Å². The van der Waals surface area contributed by atoms with Crippen molar-refractivity contribution in [2.75, 3.05) is 0 Å². The fourth-order valence-corrected chi connectivity index (χ4v) is 0. The Bertz CT molecular complexity index is 64.7. The van der Waals surface area contributed by atoms with Gasteiger partial charge in [0.15, 0.2) is 0 Å². The maximum atomic E-state index is 9.17. The molecule has 0 bridgehead atoms. The first-order valence-electron chi connectivity index (χ1n) is 3.08. The van der Waals surface area contributed by atoms with Crippen molar-refractivity contribution >= 4 is 47.0 Å². The molecule has 96 valence electrons. The van der Waals surface area contributed by atoms with Gasteiger partial charge in [-0.3, -0.25) is 0 Å². The van der Waals surface area contributed by atoms with Crippen LogP contribution in [0.3, 0.4) is 0 Å². The summed E-state index contributed by atoms with van der Waals surface area (Å²) < 4.78 is 0. The molecule has 0 amide bonds. The molecule has 0 radical (unpaired) electrons. The van der Waals surface area contributed by atoms with Crippen LogP contribution in [0.25, 0.3) is 0 Å². The fraction of sp³-hybridized carbons (Fsp3) is 0.222. The van der Waals surface area contributed by atoms with Crippen LogP contribution < -0.4 is 0 Å². The first-order chi connectivity index (χ1) is 7.91. The van der Waals surface area contributed by atoms with Crippen LogP contribution in [0.1, 0.15) is 13.3 Å². The number of carbonyl (C=O) groups is 7. The van der Waals surface area contributed by atoms with E-state index in [-0.39, 0.29) is 0 Å². The summed E-state index contributed by atoms with van der Waals surface area (Å²) >= 11 is 0. The second-order valence-corrected chi connectivity index (χ2v) is 0.575. The Labute approximate surface area is 94.8 Å². The van der Waals surface area contributed by atoms with E-state index >= 15 is 0 Å². The zero-order valence-electron chi connectivity index (χ0n) is 9.38. The van der Waals surface area contributed by atoms with E-state index in [4.69, 9.17) is 28.8 Å². The van der Waals surface area contributed by atoms with E-state index in [1.165, 1.54) is 0 Å². The highest BCUT2D eigenvalue weighted by molar-refractivity contribution is 5.48. The Morgan fingerprint density at radius 2 is 0.688 bits per heavy atom. The van der Waals surface area contributed by atoms with Crippen molar-refractivity contribution in [1.29, 1.82) is 0 Å². The lowest BCUT2D eigenvalue weighted by Gasteiger charge is -1.51. The lowest BCUT2D eigenvalue weighted by molar-refractivity contribution is -0.107. The zero-order chi connectivity index (χ0) is 15.4. The lowest BCUT2D eigenvalue weighted by atomic mass is 10.6. The molecule has 0 heterocycles. The van der Waals surface area contributed by atoms with Crippen molar-refractivity contribution in [3.05, 3.63) is 0 Å². The average molecular weight is 238 g/mol. The predicted molar refractivity (Wildman–Crippen MR) is 59.1 cm³/mol. The molecule has 0 aromatic rings. The summed E-state index contributed by atoms with van der Waals surface area (Å²) in [6.45, 7) is 13.8. The normalized spacial score (nSPS) is 3.06. The molecule has 0 aromatic carbocycles. The van der Waals surface area contributed by atoms with E-state index < -0.39 is 0 Å². The number of aldehydes is 1. The van der Waals surface area contributed by atoms with E-state index in [1.54, 1.807) is 0 Å². The molecule has 7 heteroatoms. The molecular formula is C9H18O7. The average Bonchev–Trinajstić information content (AvgIpc) is 2.51. The molecule has 0 rings (SSSR count). The van der Waals surface area contributed by atoms with Gasteiger partial charge in [-0.15, -0.1) is 0 Å². The fourth-order valence-electron chi connectivity index (χ4n) is 0. The van der Waals surface area contributed by atoms with Gasteiger partial charge in [0, 0.05) is 6.42 Å². The topological polar surface area (TPSA) is 119 Å². The summed E-state index contributed by atoms with van der Waals surface area (Å²) in [5.41, 5.74) is 0. The smallest absolute Gasteiger partial charge is 0.119 e. The van der Waals surface area contributed by atoms with Crippen LogP contribution in [0.5, 0.6) is 0 Å². The van der Waals surface area contributed by atoms with E-state index in [2.05, 4.69) is 0 Å². The molecule has 0 aliphatic heterocycles. The van der Waals surface area contributed by atoms with Crippen LogP contribution in [-0.4, -0.2) is 47.0 Å². The molecule has 7 nitrogen and oxygen atoms in total. The molecule has 0 spiro atoms. The van der Waals surface area contributed by atoms with Gasteiger partial charge < -0.3 is 33.6 Å². The second-order valence-electron chi connectivity index (χ2n) is 0.575. The summed E-state index contributed by atoms with van der Waals surface area (Å²) in [6.07, 6.45) is 1.51. The number of rotatable bonds is 1. The summed E-state index contributed by atoms with van der Waals surface area (Å²) in [6, 6.07) is 0. The molecule has 0 aliphatic rings. The minimum absolute atomic E-state index is 0.639. The third-order valence-electron chi connectivity index (χ3n) is 0.167. The van der Waals surface area contributed by atoms with Crippen LogP contribution in [0.15, 0.2) is 0 Å². The SMILES string of the molecule is C=O.C=O.C=O.C=O.C=O.C=O.CCC=O. The first kappa shape index (κ1) is 49.3. The van der Waals surface area contributed by atoms with Gasteiger partial charge in [-0.05, 0) is 0 Å². The quantitative estimate of drug-likeness (QED) is 0.564. The minimum Gasteiger partial charge on any atom is -0.307 e. The standard InChI is InChI=1S/C3H6O.6CH2O/c1-2-3-4;6*1-2/h3H,2H2,1H3;6*1H2. The Kier molecular flexibility index (Phi) is 55600. The van der Waals surface area contributed by atoms with E-state index in [0.29, 0.717) is 6.42 Å². The monoisotopic (exact) mass is 238 g/mol. The number of hydrogen-bond donors (Lipinski definition) is 0. The molecule has 16 heavy (non-hydrogen) atoms. The highest BCUT2D eigenvalue weighted by atomic mass is 16.1. The number of hydrogen-bond acceptors (Lipinski definition) is 7. The molecule has 0 unspecified atom stereocenters. The van der Waals surface area contributed by atoms with Crippen LogP contribution in [0.2, 0.25) is 0 Å². The van der Waals surface area contributed by atoms with Crippen LogP contribution >= 0.6 is 0 Å². The van der Waals surface area contributed by atoms with Crippen LogP contribution in [-0.2, 0) is 33.6 Å². The molecule has 0 saturated carbocycles. The zero-order valence-corrected chi connectivity index (χ0v) is 9.38. The molecule has 0 aromatic heterocycles. The van der Waals surface area contributed by atoms with Crippen molar-refractivity contribution in [2.24, 2.45) is 0 Å². The molecule has 0 fully saturated rings. The highest BCUT2D eigenvalue weighted by Crippen LogP contribution is 1.53. The van der Waals surface area contributed by atoms with E-state index in [1.807, 2.05) is 47.7 Å². The maximum absolute atomic E-state index is 9.17. The Hall–Kier alpha value is -2.31. The molecule has 0 atom stereocenters. The van der Waals surface area contributed by atoms with Gasteiger partial charge in [-0.2, -0.15) is 0 Å². The lowest BCUT2D eigenvalue weighted by Crippen LogP contribution is -1.55. The largest absolute Gasteiger partial charge is 0.307 e. The van der Waals surface area contributed by atoms with Crippen molar-refractivity contribution in [2.45, 2.75) is 13.3 Å². The van der Waals surface area contributed by atoms with Crippen molar-refractivity contribution in [3.63, 3.8) is 0 Å². The maximum Gasteiger partial charge on any atom is 0.119 e. The van der Waals surface area contributed by atoms with E-state index in [0.717, 1.165) is 6.29 Å². The summed E-state index contributed by atoms with van der Waals surface area (Å²) in [7, 11) is 0. The van der Waals surface area contributed by atoms with Crippen molar-refractivity contribution in [1.82, 2.24) is 0 Å². The second kappa shape index (κ2) is 18000. The van der Waals surface area contributed by atoms with E-state index in [9.17, 15) is 4.79 Å². The van der Waals surface area contributed by atoms with Crippen LogP contribution in [0, 0.1) is 0 Å². The Balaban J connectivity index is -0.0000000122. The highest BCUT2D eigenvalue weighted by Gasteiger charge is 1.52. The molecular weight excluding hydrogens is 220 g/mol. The van der Waals surface area contributed by atoms with Gasteiger partial charge in [0.25, 0.3) is 0 Å². The molecule has 0 aliphatic carbocycles. The Morgan fingerprint density at radius 3 is 0.688 bits per heavy atom. The van der Waals surface area contributed by atoms with Crippen LogP contribution in [0.4, 0.5) is 0 Å². The van der Waals surface area contributed by atoms with Gasteiger partial charge in [-0.25, -0.2) is 0 Å². The van der Waals surface area contributed by atoms with Crippen molar-refractivity contribution < 1.29 is 33.6 Å². The first-order valence-corrected chi connectivity index (χ1v) is 3.08. The van der Waals surface area contributed by atoms with Gasteiger partial charge >= 0.3 is 0 Å². The third-order valence-corrected chi connectivity index (χ3v) is 0.167. The summed E-state index contributed by atoms with van der Waals surface area (Å²) in [5.74, 6) is 0. The Morgan fingerprint density at radius 1 is 0.625 bits per heavy atom. The van der Waals surface area contributed by atoms with Gasteiger partial charge in [0.2, 0.25) is 0 Å².